The Morgan fingerprint density at radius 3 is 2.75 bits per heavy atom. The first-order valence-corrected chi connectivity index (χ1v) is 6.59. The number of nitrogen functional groups attached to an aromatic ring is 1. The number of hydrogen-bond acceptors (Lipinski definition) is 6. The Labute approximate surface area is 102 Å². The number of rotatable bonds is 3. The largest absolute Gasteiger partial charge is 0.374 e. The minimum absolute atomic E-state index is 0.518. The summed E-state index contributed by atoms with van der Waals surface area (Å²) in [7, 11) is 0. The van der Waals surface area contributed by atoms with Crippen LogP contribution in [0.2, 0.25) is 0 Å². The van der Waals surface area contributed by atoms with E-state index in [2.05, 4.69) is 34.2 Å². The van der Waals surface area contributed by atoms with E-state index in [1.54, 1.807) is 11.8 Å². The number of pyridine rings is 1. The molecule has 0 amide bonds. The Morgan fingerprint density at radius 2 is 2.12 bits per heavy atom. The SMILES string of the molecule is Cc1cc(C)nc(SCc2nnc(N)s2)c1. The molecule has 0 atom stereocenters. The van der Waals surface area contributed by atoms with Crippen molar-refractivity contribution in [3.8, 4) is 0 Å². The maximum absolute atomic E-state index is 5.52. The molecular formula is C10H12N4S2. The van der Waals surface area contributed by atoms with Crippen LogP contribution >= 0.6 is 23.1 Å². The lowest BCUT2D eigenvalue weighted by molar-refractivity contribution is 1.03. The van der Waals surface area contributed by atoms with E-state index in [0.29, 0.717) is 5.13 Å². The Balaban J connectivity index is 2.04. The van der Waals surface area contributed by atoms with E-state index >= 15 is 0 Å². The van der Waals surface area contributed by atoms with Crippen LogP contribution in [0.1, 0.15) is 16.3 Å². The fourth-order valence-corrected chi connectivity index (χ4v) is 2.96. The first kappa shape index (κ1) is 11.3. The lowest BCUT2D eigenvalue weighted by atomic mass is 10.3. The first-order valence-electron chi connectivity index (χ1n) is 4.79. The minimum atomic E-state index is 0.518. The van der Waals surface area contributed by atoms with Crippen LogP contribution in [0.25, 0.3) is 0 Å². The van der Waals surface area contributed by atoms with Gasteiger partial charge in [0.2, 0.25) is 5.13 Å². The van der Waals surface area contributed by atoms with E-state index in [9.17, 15) is 0 Å². The zero-order chi connectivity index (χ0) is 11.5. The average molecular weight is 252 g/mol. The molecule has 0 bridgehead atoms. The van der Waals surface area contributed by atoms with Crippen molar-refractivity contribution in [2.24, 2.45) is 0 Å². The van der Waals surface area contributed by atoms with E-state index in [-0.39, 0.29) is 0 Å². The molecule has 2 aromatic heterocycles. The van der Waals surface area contributed by atoms with Gasteiger partial charge in [0.1, 0.15) is 5.01 Å². The highest BCUT2D eigenvalue weighted by Gasteiger charge is 2.04. The summed E-state index contributed by atoms with van der Waals surface area (Å²) in [5.74, 6) is 0.769. The molecule has 0 aliphatic carbocycles. The molecule has 0 spiro atoms. The molecule has 2 N–H and O–H groups in total. The molecule has 2 aromatic rings. The molecule has 16 heavy (non-hydrogen) atoms. The highest BCUT2D eigenvalue weighted by atomic mass is 32.2. The van der Waals surface area contributed by atoms with Crippen molar-refractivity contribution in [1.29, 1.82) is 0 Å². The zero-order valence-corrected chi connectivity index (χ0v) is 10.7. The lowest BCUT2D eigenvalue weighted by Crippen LogP contribution is -1.87. The molecule has 0 fully saturated rings. The van der Waals surface area contributed by atoms with Gasteiger partial charge in [0.15, 0.2) is 0 Å². The van der Waals surface area contributed by atoms with Crippen LogP contribution in [0.5, 0.6) is 0 Å². The molecule has 0 unspecified atom stereocenters. The highest BCUT2D eigenvalue weighted by molar-refractivity contribution is 7.98. The van der Waals surface area contributed by atoms with Gasteiger partial charge in [0.25, 0.3) is 0 Å². The molecule has 0 aromatic carbocycles. The summed E-state index contributed by atoms with van der Waals surface area (Å²) in [4.78, 5) is 4.44. The smallest absolute Gasteiger partial charge is 0.203 e. The summed E-state index contributed by atoms with van der Waals surface area (Å²) in [6.45, 7) is 4.07. The molecule has 2 rings (SSSR count). The van der Waals surface area contributed by atoms with E-state index in [4.69, 9.17) is 5.73 Å². The zero-order valence-electron chi connectivity index (χ0n) is 9.10. The summed E-state index contributed by atoms with van der Waals surface area (Å²) in [5, 5.41) is 10.2. The molecule has 0 radical (unpaired) electrons. The lowest BCUT2D eigenvalue weighted by Gasteiger charge is -2.01. The number of hydrogen-bond donors (Lipinski definition) is 1. The molecular weight excluding hydrogens is 240 g/mol. The number of anilines is 1. The number of nitrogens with zero attached hydrogens (tertiary/aromatic N) is 3. The van der Waals surface area contributed by atoms with Gasteiger partial charge < -0.3 is 5.73 Å². The van der Waals surface area contributed by atoms with Gasteiger partial charge in [-0.3, -0.25) is 0 Å². The first-order chi connectivity index (χ1) is 7.63. The van der Waals surface area contributed by atoms with E-state index < -0.39 is 0 Å². The molecule has 6 heteroatoms. The number of thioether (sulfide) groups is 1. The minimum Gasteiger partial charge on any atom is -0.374 e. The maximum Gasteiger partial charge on any atom is 0.203 e. The molecule has 0 saturated carbocycles. The van der Waals surface area contributed by atoms with Crippen molar-refractivity contribution in [3.63, 3.8) is 0 Å². The molecule has 0 aliphatic heterocycles. The third-order valence-electron chi connectivity index (χ3n) is 1.90. The van der Waals surface area contributed by atoms with Gasteiger partial charge in [-0.1, -0.05) is 23.1 Å². The van der Waals surface area contributed by atoms with Crippen LogP contribution in [0.3, 0.4) is 0 Å². The summed E-state index contributed by atoms with van der Waals surface area (Å²) in [6, 6.07) is 4.13. The quantitative estimate of drug-likeness (QED) is 0.850. The predicted molar refractivity (Wildman–Crippen MR) is 67.6 cm³/mol. The van der Waals surface area contributed by atoms with Crippen LogP contribution in [0, 0.1) is 13.8 Å². The summed E-state index contributed by atoms with van der Waals surface area (Å²) in [5.41, 5.74) is 7.79. The molecule has 0 saturated heterocycles. The molecule has 4 nitrogen and oxygen atoms in total. The Morgan fingerprint density at radius 1 is 1.31 bits per heavy atom. The molecule has 84 valence electrons. The average Bonchev–Trinajstić information content (AvgIpc) is 2.60. The fourth-order valence-electron chi connectivity index (χ4n) is 1.34. The van der Waals surface area contributed by atoms with Gasteiger partial charge >= 0.3 is 0 Å². The normalized spacial score (nSPS) is 10.6. The third-order valence-corrected chi connectivity index (χ3v) is 3.76. The summed E-state index contributed by atoms with van der Waals surface area (Å²) < 4.78 is 0. The second-order valence-electron chi connectivity index (χ2n) is 3.45. The standard InChI is InChI=1S/C10H12N4S2/c1-6-3-7(2)12-8(4-6)15-5-9-13-14-10(11)16-9/h3-4H,5H2,1-2H3,(H2,11,14). The predicted octanol–water partition coefficient (Wildman–Crippen LogP) is 2.42. The Hall–Kier alpha value is -1.14. The second-order valence-corrected chi connectivity index (χ2v) is 5.54. The summed E-state index contributed by atoms with van der Waals surface area (Å²) >= 11 is 3.08. The van der Waals surface area contributed by atoms with Gasteiger partial charge in [-0.15, -0.1) is 10.2 Å². The Kier molecular flexibility index (Phi) is 3.40. The van der Waals surface area contributed by atoms with Gasteiger partial charge in [-0.25, -0.2) is 4.98 Å². The van der Waals surface area contributed by atoms with Crippen molar-refractivity contribution >= 4 is 28.2 Å². The fraction of sp³-hybridized carbons (Fsp3) is 0.300. The van der Waals surface area contributed by atoms with E-state index in [0.717, 1.165) is 21.5 Å². The van der Waals surface area contributed by atoms with Gasteiger partial charge in [-0.05, 0) is 31.5 Å². The van der Waals surface area contributed by atoms with Crippen LogP contribution in [0.15, 0.2) is 17.2 Å². The van der Waals surface area contributed by atoms with Crippen LogP contribution in [-0.2, 0) is 5.75 Å². The maximum atomic E-state index is 5.52. The van der Waals surface area contributed by atoms with Crippen molar-refractivity contribution < 1.29 is 0 Å². The van der Waals surface area contributed by atoms with Gasteiger partial charge in [-0.2, -0.15) is 0 Å². The van der Waals surface area contributed by atoms with E-state index in [1.807, 2.05) is 6.92 Å². The second kappa shape index (κ2) is 4.80. The van der Waals surface area contributed by atoms with Crippen LogP contribution in [-0.4, -0.2) is 15.2 Å². The topological polar surface area (TPSA) is 64.7 Å². The van der Waals surface area contributed by atoms with Crippen LogP contribution < -0.4 is 5.73 Å². The number of aryl methyl sites for hydroxylation is 2. The summed E-state index contributed by atoms with van der Waals surface area (Å²) in [6.07, 6.45) is 0. The van der Waals surface area contributed by atoms with Crippen molar-refractivity contribution in [2.75, 3.05) is 5.73 Å². The van der Waals surface area contributed by atoms with Crippen LogP contribution in [0.4, 0.5) is 5.13 Å². The number of aromatic nitrogens is 3. The van der Waals surface area contributed by atoms with Crippen molar-refractivity contribution in [1.82, 2.24) is 15.2 Å². The molecule has 2 heterocycles. The molecule has 0 aliphatic rings. The van der Waals surface area contributed by atoms with Gasteiger partial charge in [0, 0.05) is 5.69 Å². The van der Waals surface area contributed by atoms with Crippen molar-refractivity contribution in [2.45, 2.75) is 24.6 Å². The van der Waals surface area contributed by atoms with Gasteiger partial charge in [0.05, 0.1) is 10.8 Å². The monoisotopic (exact) mass is 252 g/mol. The van der Waals surface area contributed by atoms with Crippen molar-refractivity contribution in [3.05, 3.63) is 28.4 Å². The highest BCUT2D eigenvalue weighted by Crippen LogP contribution is 2.24. The Bertz CT molecular complexity index is 475. The third kappa shape index (κ3) is 2.93. The van der Waals surface area contributed by atoms with E-state index in [1.165, 1.54) is 16.9 Å². The number of nitrogens with two attached hydrogens (primary N) is 1.